The van der Waals surface area contributed by atoms with Crippen molar-refractivity contribution < 1.29 is 0 Å². The fourth-order valence-electron chi connectivity index (χ4n) is 3.07. The Labute approximate surface area is 119 Å². The standard InChI is InChI=1S/C18H31N/c1-7-9-19-18(8-2)16(6)12-17-14(4)10-13(3)11-15(17)5/h10-11,16,18-19H,7-9,12H2,1-6H3. The maximum Gasteiger partial charge on any atom is 0.00932 e. The van der Waals surface area contributed by atoms with Crippen LogP contribution in [0.2, 0.25) is 0 Å². The van der Waals surface area contributed by atoms with E-state index >= 15 is 0 Å². The van der Waals surface area contributed by atoms with Gasteiger partial charge in [0.25, 0.3) is 0 Å². The van der Waals surface area contributed by atoms with Crippen molar-refractivity contribution in [2.24, 2.45) is 5.92 Å². The topological polar surface area (TPSA) is 12.0 Å². The lowest BCUT2D eigenvalue weighted by molar-refractivity contribution is 0.364. The summed E-state index contributed by atoms with van der Waals surface area (Å²) < 4.78 is 0. The Kier molecular flexibility index (Phi) is 6.57. The first-order chi connectivity index (χ1) is 8.99. The third kappa shape index (κ3) is 4.65. The van der Waals surface area contributed by atoms with Crippen molar-refractivity contribution in [2.75, 3.05) is 6.54 Å². The van der Waals surface area contributed by atoms with Crippen molar-refractivity contribution in [1.29, 1.82) is 0 Å². The summed E-state index contributed by atoms with van der Waals surface area (Å²) in [4.78, 5) is 0. The summed E-state index contributed by atoms with van der Waals surface area (Å²) in [5, 5.41) is 3.69. The number of rotatable bonds is 7. The van der Waals surface area contributed by atoms with Crippen LogP contribution in [0, 0.1) is 26.7 Å². The fraction of sp³-hybridized carbons (Fsp3) is 0.667. The van der Waals surface area contributed by atoms with Crippen LogP contribution in [0.25, 0.3) is 0 Å². The van der Waals surface area contributed by atoms with E-state index in [-0.39, 0.29) is 0 Å². The highest BCUT2D eigenvalue weighted by atomic mass is 14.9. The van der Waals surface area contributed by atoms with Gasteiger partial charge in [-0.05, 0) is 69.2 Å². The molecule has 19 heavy (non-hydrogen) atoms. The van der Waals surface area contributed by atoms with E-state index in [0.717, 1.165) is 6.54 Å². The molecule has 2 unspecified atom stereocenters. The molecule has 1 aromatic carbocycles. The summed E-state index contributed by atoms with van der Waals surface area (Å²) in [5.74, 6) is 0.691. The van der Waals surface area contributed by atoms with Crippen LogP contribution in [-0.2, 0) is 6.42 Å². The van der Waals surface area contributed by atoms with Crippen molar-refractivity contribution in [3.8, 4) is 0 Å². The molecule has 0 aromatic heterocycles. The molecule has 0 aliphatic heterocycles. The molecule has 0 aliphatic rings. The Hall–Kier alpha value is -0.820. The van der Waals surface area contributed by atoms with E-state index in [2.05, 4.69) is 59.0 Å². The van der Waals surface area contributed by atoms with Gasteiger partial charge in [-0.15, -0.1) is 0 Å². The Balaban J connectivity index is 2.77. The van der Waals surface area contributed by atoms with Crippen molar-refractivity contribution in [3.05, 3.63) is 34.4 Å². The summed E-state index contributed by atoms with van der Waals surface area (Å²) >= 11 is 0. The van der Waals surface area contributed by atoms with Crippen LogP contribution in [0.3, 0.4) is 0 Å². The molecule has 0 bridgehead atoms. The number of benzene rings is 1. The van der Waals surface area contributed by atoms with E-state index in [4.69, 9.17) is 0 Å². The Morgan fingerprint density at radius 2 is 1.63 bits per heavy atom. The van der Waals surface area contributed by atoms with E-state index < -0.39 is 0 Å². The van der Waals surface area contributed by atoms with Gasteiger partial charge in [-0.1, -0.05) is 38.5 Å². The normalized spacial score (nSPS) is 14.4. The van der Waals surface area contributed by atoms with Crippen LogP contribution in [0.5, 0.6) is 0 Å². The second-order valence-electron chi connectivity index (χ2n) is 6.03. The van der Waals surface area contributed by atoms with Gasteiger partial charge in [0.2, 0.25) is 0 Å². The molecule has 1 rings (SSSR count). The molecule has 0 aliphatic carbocycles. The minimum Gasteiger partial charge on any atom is -0.314 e. The monoisotopic (exact) mass is 261 g/mol. The number of nitrogens with one attached hydrogen (secondary N) is 1. The molecule has 1 heteroatoms. The molecular weight excluding hydrogens is 230 g/mol. The lowest BCUT2D eigenvalue weighted by atomic mass is 9.87. The third-order valence-corrected chi connectivity index (χ3v) is 4.15. The first kappa shape index (κ1) is 16.2. The highest BCUT2D eigenvalue weighted by Crippen LogP contribution is 2.22. The van der Waals surface area contributed by atoms with Gasteiger partial charge in [-0.3, -0.25) is 0 Å². The van der Waals surface area contributed by atoms with Crippen molar-refractivity contribution >= 4 is 0 Å². The lowest BCUT2D eigenvalue weighted by Crippen LogP contribution is -2.36. The lowest BCUT2D eigenvalue weighted by Gasteiger charge is -2.25. The van der Waals surface area contributed by atoms with Crippen LogP contribution in [0.15, 0.2) is 12.1 Å². The van der Waals surface area contributed by atoms with Crippen LogP contribution in [0.4, 0.5) is 0 Å². The third-order valence-electron chi connectivity index (χ3n) is 4.15. The van der Waals surface area contributed by atoms with E-state index in [1.807, 2.05) is 0 Å². The summed E-state index contributed by atoms with van der Waals surface area (Å²) in [6.45, 7) is 14.7. The molecule has 0 saturated carbocycles. The van der Waals surface area contributed by atoms with E-state index in [9.17, 15) is 0 Å². The molecular formula is C18H31N. The average Bonchev–Trinajstić information content (AvgIpc) is 2.34. The van der Waals surface area contributed by atoms with Gasteiger partial charge in [0.1, 0.15) is 0 Å². The first-order valence-corrected chi connectivity index (χ1v) is 7.79. The Morgan fingerprint density at radius 1 is 1.05 bits per heavy atom. The van der Waals surface area contributed by atoms with E-state index in [0.29, 0.717) is 12.0 Å². The quantitative estimate of drug-likeness (QED) is 0.758. The molecule has 0 radical (unpaired) electrons. The molecule has 2 atom stereocenters. The van der Waals surface area contributed by atoms with Gasteiger partial charge >= 0.3 is 0 Å². The zero-order valence-electron chi connectivity index (χ0n) is 13.6. The SMILES string of the molecule is CCCNC(CC)C(C)Cc1c(C)cc(C)cc1C. The van der Waals surface area contributed by atoms with Crippen molar-refractivity contribution in [1.82, 2.24) is 5.32 Å². The maximum absolute atomic E-state index is 3.69. The summed E-state index contributed by atoms with van der Waals surface area (Å²) in [5.41, 5.74) is 5.83. The molecule has 1 aromatic rings. The van der Waals surface area contributed by atoms with E-state index in [1.54, 1.807) is 5.56 Å². The Bertz CT molecular complexity index is 372. The summed E-state index contributed by atoms with van der Waals surface area (Å²) in [6.07, 6.45) is 3.62. The van der Waals surface area contributed by atoms with Gasteiger partial charge in [0.15, 0.2) is 0 Å². The second-order valence-corrected chi connectivity index (χ2v) is 6.03. The molecule has 1 nitrogen and oxygen atoms in total. The van der Waals surface area contributed by atoms with Crippen molar-refractivity contribution in [3.63, 3.8) is 0 Å². The van der Waals surface area contributed by atoms with Gasteiger partial charge in [-0.25, -0.2) is 0 Å². The fourth-order valence-corrected chi connectivity index (χ4v) is 3.07. The zero-order valence-corrected chi connectivity index (χ0v) is 13.6. The predicted octanol–water partition coefficient (Wildman–Crippen LogP) is 4.57. The summed E-state index contributed by atoms with van der Waals surface area (Å²) in [7, 11) is 0. The van der Waals surface area contributed by atoms with Crippen LogP contribution in [-0.4, -0.2) is 12.6 Å². The van der Waals surface area contributed by atoms with Crippen LogP contribution >= 0.6 is 0 Å². The number of aryl methyl sites for hydroxylation is 3. The minimum absolute atomic E-state index is 0.639. The van der Waals surface area contributed by atoms with Gasteiger partial charge in [-0.2, -0.15) is 0 Å². The average molecular weight is 261 g/mol. The van der Waals surface area contributed by atoms with E-state index in [1.165, 1.54) is 36.0 Å². The van der Waals surface area contributed by atoms with Crippen LogP contribution in [0.1, 0.15) is 55.9 Å². The number of hydrogen-bond acceptors (Lipinski definition) is 1. The number of hydrogen-bond donors (Lipinski definition) is 1. The van der Waals surface area contributed by atoms with Gasteiger partial charge < -0.3 is 5.32 Å². The van der Waals surface area contributed by atoms with Gasteiger partial charge in [0.05, 0.1) is 0 Å². The maximum atomic E-state index is 3.69. The molecule has 0 heterocycles. The summed E-state index contributed by atoms with van der Waals surface area (Å²) in [6, 6.07) is 5.27. The van der Waals surface area contributed by atoms with Crippen molar-refractivity contribution in [2.45, 2.75) is 66.8 Å². The smallest absolute Gasteiger partial charge is 0.00932 e. The molecule has 0 amide bonds. The minimum atomic E-state index is 0.639. The largest absolute Gasteiger partial charge is 0.314 e. The molecule has 1 N–H and O–H groups in total. The highest BCUT2D eigenvalue weighted by molar-refractivity contribution is 5.37. The molecule has 0 fully saturated rings. The van der Waals surface area contributed by atoms with Crippen LogP contribution < -0.4 is 5.32 Å². The zero-order chi connectivity index (χ0) is 14.4. The van der Waals surface area contributed by atoms with Gasteiger partial charge in [0, 0.05) is 6.04 Å². The predicted molar refractivity (Wildman–Crippen MR) is 85.9 cm³/mol. The highest BCUT2D eigenvalue weighted by Gasteiger charge is 2.17. The molecule has 0 saturated heterocycles. The first-order valence-electron chi connectivity index (χ1n) is 7.79. The second kappa shape index (κ2) is 7.69. The Morgan fingerprint density at radius 3 is 2.11 bits per heavy atom. The molecule has 0 spiro atoms. The molecule has 108 valence electrons.